The van der Waals surface area contributed by atoms with Gasteiger partial charge in [-0.15, -0.1) is 13.2 Å². The lowest BCUT2D eigenvalue weighted by atomic mass is 9.81. The number of carbonyl (C=O) groups excluding carboxylic acids is 4. The summed E-state index contributed by atoms with van der Waals surface area (Å²) < 4.78 is 19.7. The number of rotatable bonds is 12. The molecule has 0 saturated carbocycles. The van der Waals surface area contributed by atoms with Crippen LogP contribution in [0.4, 0.5) is 0 Å². The third-order valence-electron chi connectivity index (χ3n) is 4.75. The minimum atomic E-state index is -1.34. The van der Waals surface area contributed by atoms with Gasteiger partial charge in [-0.2, -0.15) is 0 Å². The molecule has 194 valence electrons. The maximum Gasteiger partial charge on any atom is 0.324 e. The first kappa shape index (κ1) is 33.3. The third kappa shape index (κ3) is 9.15. The molecule has 0 aliphatic heterocycles. The Morgan fingerprint density at radius 1 is 0.735 bits per heavy atom. The zero-order valence-corrected chi connectivity index (χ0v) is 21.6. The van der Waals surface area contributed by atoms with E-state index in [1.807, 2.05) is 26.0 Å². The van der Waals surface area contributed by atoms with E-state index in [-0.39, 0.29) is 39.3 Å². The van der Waals surface area contributed by atoms with Crippen LogP contribution in [0.2, 0.25) is 0 Å². The number of esters is 4. The summed E-state index contributed by atoms with van der Waals surface area (Å²) in [4.78, 5) is 47.3. The van der Waals surface area contributed by atoms with Gasteiger partial charge < -0.3 is 18.9 Å². The molecule has 0 aromatic rings. The number of hydrogen-bond acceptors (Lipinski definition) is 8. The Bertz CT molecular complexity index is 635. The van der Waals surface area contributed by atoms with Crippen LogP contribution in [0, 0.1) is 10.8 Å². The fourth-order valence-corrected chi connectivity index (χ4v) is 3.14. The van der Waals surface area contributed by atoms with Gasteiger partial charge >= 0.3 is 23.9 Å². The van der Waals surface area contributed by atoms with Crippen molar-refractivity contribution in [1.82, 2.24) is 0 Å². The second kappa shape index (κ2) is 18.5. The lowest BCUT2D eigenvalue weighted by Gasteiger charge is -2.26. The van der Waals surface area contributed by atoms with Gasteiger partial charge in [-0.3, -0.25) is 19.2 Å². The maximum absolute atomic E-state index is 11.9. The molecule has 0 spiro atoms. The topological polar surface area (TPSA) is 105 Å². The molecule has 8 heteroatoms. The third-order valence-corrected chi connectivity index (χ3v) is 4.75. The van der Waals surface area contributed by atoms with E-state index in [4.69, 9.17) is 18.9 Å². The minimum Gasteiger partial charge on any atom is -0.465 e. The minimum absolute atomic E-state index is 0.177. The molecule has 8 nitrogen and oxygen atoms in total. The number of allylic oxidation sites excluding steroid dienone is 4. The molecule has 34 heavy (non-hydrogen) atoms. The van der Waals surface area contributed by atoms with E-state index >= 15 is 0 Å². The van der Waals surface area contributed by atoms with Crippen LogP contribution >= 0.6 is 0 Å². The number of ether oxygens (including phenoxy) is 4. The van der Waals surface area contributed by atoms with Gasteiger partial charge in [-0.05, 0) is 53.4 Å². The molecule has 1 aliphatic carbocycles. The molecule has 0 amide bonds. The average molecular weight is 483 g/mol. The highest BCUT2D eigenvalue weighted by Gasteiger charge is 2.49. The molecule has 0 saturated heterocycles. The van der Waals surface area contributed by atoms with Crippen LogP contribution in [-0.4, -0.2) is 50.3 Å². The summed E-state index contributed by atoms with van der Waals surface area (Å²) in [5.41, 5.74) is -2.46. The van der Waals surface area contributed by atoms with E-state index in [0.717, 1.165) is 0 Å². The maximum atomic E-state index is 11.9. The van der Waals surface area contributed by atoms with E-state index in [0.29, 0.717) is 12.8 Å². The first-order chi connectivity index (χ1) is 16.3. The summed E-state index contributed by atoms with van der Waals surface area (Å²) in [5.74, 6) is -2.13. The molecule has 0 bridgehead atoms. The van der Waals surface area contributed by atoms with Crippen molar-refractivity contribution in [2.75, 3.05) is 26.4 Å². The van der Waals surface area contributed by atoms with Crippen molar-refractivity contribution >= 4 is 23.9 Å². The van der Waals surface area contributed by atoms with Gasteiger partial charge in [0.1, 0.15) is 0 Å². The van der Waals surface area contributed by atoms with Gasteiger partial charge in [0, 0.05) is 0 Å². The Balaban J connectivity index is 0. The number of carbonyl (C=O) groups is 4. The first-order valence-electron chi connectivity index (χ1n) is 11.8. The summed E-state index contributed by atoms with van der Waals surface area (Å²) >= 11 is 0. The van der Waals surface area contributed by atoms with E-state index in [2.05, 4.69) is 13.2 Å². The smallest absolute Gasteiger partial charge is 0.324 e. The van der Waals surface area contributed by atoms with Crippen molar-refractivity contribution in [3.05, 3.63) is 37.5 Å². The molecule has 0 N–H and O–H groups in total. The molecule has 1 rings (SSSR count). The molecular formula is C26H42O8. The van der Waals surface area contributed by atoms with Gasteiger partial charge in [-0.1, -0.05) is 38.2 Å². The Morgan fingerprint density at radius 2 is 1.06 bits per heavy atom. The lowest BCUT2D eigenvalue weighted by molar-refractivity contribution is -0.173. The summed E-state index contributed by atoms with van der Waals surface area (Å²) in [7, 11) is 0. The summed E-state index contributed by atoms with van der Waals surface area (Å²) in [6, 6.07) is 0. The summed E-state index contributed by atoms with van der Waals surface area (Å²) in [5, 5.41) is 0. The standard InChI is InChI=1S/C13H20O4.C11H16O4.C2H6/c1-5-9-13(10-6-2,11(14)16-7-3)12(15)17-8-4;1-3-14-9(12)11(7-5-6-8-11)10(13)15-4-2;1-2/h5-6H,1-2,7-10H2,3-4H3;5-6H,3-4,7-8H2,1-2H3;1-2H3. The Kier molecular flexibility index (Phi) is 18.1. The highest BCUT2D eigenvalue weighted by atomic mass is 16.6. The van der Waals surface area contributed by atoms with Crippen molar-refractivity contribution in [2.45, 2.75) is 67.2 Å². The Hall–Kier alpha value is -2.90. The molecule has 0 fully saturated rings. The molecule has 0 atom stereocenters. The average Bonchev–Trinajstić information content (AvgIpc) is 3.33. The van der Waals surface area contributed by atoms with Crippen LogP contribution in [-0.2, 0) is 38.1 Å². The molecule has 0 radical (unpaired) electrons. The van der Waals surface area contributed by atoms with Crippen molar-refractivity contribution in [1.29, 1.82) is 0 Å². The number of hydrogen-bond donors (Lipinski definition) is 0. The lowest BCUT2D eigenvalue weighted by Crippen LogP contribution is -2.41. The van der Waals surface area contributed by atoms with Crippen molar-refractivity contribution in [3.8, 4) is 0 Å². The van der Waals surface area contributed by atoms with E-state index in [1.54, 1.807) is 27.7 Å². The largest absolute Gasteiger partial charge is 0.465 e. The second-order valence-electron chi connectivity index (χ2n) is 6.91. The fraction of sp³-hybridized carbons (Fsp3) is 0.615. The van der Waals surface area contributed by atoms with Crippen molar-refractivity contribution in [2.24, 2.45) is 10.8 Å². The predicted octanol–water partition coefficient (Wildman–Crippen LogP) is 4.73. The van der Waals surface area contributed by atoms with Gasteiger partial charge in [-0.25, -0.2) is 0 Å². The Morgan fingerprint density at radius 3 is 1.32 bits per heavy atom. The zero-order valence-electron chi connectivity index (χ0n) is 21.6. The van der Waals surface area contributed by atoms with Gasteiger partial charge in [0.15, 0.2) is 10.8 Å². The fourth-order valence-electron chi connectivity index (χ4n) is 3.14. The van der Waals surface area contributed by atoms with Gasteiger partial charge in [0.05, 0.1) is 26.4 Å². The monoisotopic (exact) mass is 482 g/mol. The van der Waals surface area contributed by atoms with Crippen LogP contribution in [0.15, 0.2) is 37.5 Å². The quantitative estimate of drug-likeness (QED) is 0.170. The highest BCUT2D eigenvalue weighted by molar-refractivity contribution is 6.01. The van der Waals surface area contributed by atoms with Crippen LogP contribution in [0.5, 0.6) is 0 Å². The van der Waals surface area contributed by atoms with E-state index in [9.17, 15) is 19.2 Å². The molecule has 0 unspecified atom stereocenters. The molecule has 0 heterocycles. The van der Waals surface area contributed by atoms with E-state index < -0.39 is 34.7 Å². The molecule has 0 aromatic carbocycles. The van der Waals surface area contributed by atoms with Crippen molar-refractivity contribution < 1.29 is 38.1 Å². The highest BCUT2D eigenvalue weighted by Crippen LogP contribution is 2.36. The van der Waals surface area contributed by atoms with Crippen LogP contribution in [0.1, 0.15) is 67.2 Å². The van der Waals surface area contributed by atoms with E-state index in [1.165, 1.54) is 12.2 Å². The van der Waals surface area contributed by atoms with Crippen LogP contribution in [0.3, 0.4) is 0 Å². The molecule has 0 aromatic heterocycles. The zero-order chi connectivity index (χ0) is 26.6. The van der Waals surface area contributed by atoms with Crippen molar-refractivity contribution in [3.63, 3.8) is 0 Å². The SMILES string of the molecule is C=CCC(CC=C)(C(=O)OCC)C(=O)OCC.CC.CCOC(=O)C1(C(=O)OCC)CC=CC1. The summed E-state index contributed by atoms with van der Waals surface area (Å²) in [6.45, 7) is 18.9. The summed E-state index contributed by atoms with van der Waals surface area (Å²) in [6.07, 6.45) is 7.76. The predicted molar refractivity (Wildman–Crippen MR) is 131 cm³/mol. The molecular weight excluding hydrogens is 440 g/mol. The first-order valence-corrected chi connectivity index (χ1v) is 11.8. The normalized spacial score (nSPS) is 13.1. The van der Waals surface area contributed by atoms with Crippen LogP contribution < -0.4 is 0 Å². The van der Waals surface area contributed by atoms with Gasteiger partial charge in [0.2, 0.25) is 0 Å². The Labute approximate surface area is 204 Å². The molecule has 1 aliphatic rings. The van der Waals surface area contributed by atoms with Crippen LogP contribution in [0.25, 0.3) is 0 Å². The van der Waals surface area contributed by atoms with Gasteiger partial charge in [0.25, 0.3) is 0 Å². The second-order valence-corrected chi connectivity index (χ2v) is 6.91.